The van der Waals surface area contributed by atoms with Crippen molar-refractivity contribution < 1.29 is 13.6 Å². The van der Waals surface area contributed by atoms with E-state index in [-0.39, 0.29) is 26.7 Å². The molecule has 0 fully saturated rings. The number of rotatable bonds is 3. The highest BCUT2D eigenvalue weighted by Crippen LogP contribution is 2.28. The normalized spacial score (nSPS) is 10.4. The number of nitrogens with one attached hydrogen (secondary N) is 1. The van der Waals surface area contributed by atoms with Gasteiger partial charge in [0.05, 0.1) is 15.7 Å². The van der Waals surface area contributed by atoms with E-state index < -0.39 is 11.6 Å². The Bertz CT molecular complexity index is 697. The maximum atomic E-state index is 13.7. The molecular formula is C12H7BrClF2N3O. The molecule has 1 aromatic heterocycles. The molecule has 4 nitrogen and oxygen atoms in total. The van der Waals surface area contributed by atoms with Gasteiger partial charge in [0.2, 0.25) is 0 Å². The smallest absolute Gasteiger partial charge is 0.156 e. The van der Waals surface area contributed by atoms with Crippen LogP contribution in [0.15, 0.2) is 16.6 Å². The van der Waals surface area contributed by atoms with Gasteiger partial charge in [0, 0.05) is 6.07 Å². The van der Waals surface area contributed by atoms with Crippen molar-refractivity contribution in [2.45, 2.75) is 6.92 Å². The van der Waals surface area contributed by atoms with Crippen LogP contribution in [-0.4, -0.2) is 16.3 Å². The fraction of sp³-hybridized carbons (Fsp3) is 0.0833. The predicted molar refractivity (Wildman–Crippen MR) is 74.5 cm³/mol. The first-order valence-corrected chi connectivity index (χ1v) is 6.50. The van der Waals surface area contributed by atoms with E-state index in [1.807, 2.05) is 0 Å². The minimum absolute atomic E-state index is 0.00642. The lowest BCUT2D eigenvalue weighted by molar-refractivity contribution is 0.112. The Kier molecular flexibility index (Phi) is 4.29. The number of halogens is 4. The maximum absolute atomic E-state index is 13.7. The summed E-state index contributed by atoms with van der Waals surface area (Å²) in [5.41, 5.74) is -0.192. The zero-order valence-corrected chi connectivity index (χ0v) is 12.4. The number of aldehydes is 1. The molecule has 0 spiro atoms. The second-order valence-corrected chi connectivity index (χ2v) is 5.03. The van der Waals surface area contributed by atoms with Gasteiger partial charge >= 0.3 is 0 Å². The van der Waals surface area contributed by atoms with Gasteiger partial charge in [0.25, 0.3) is 0 Å². The summed E-state index contributed by atoms with van der Waals surface area (Å²) in [7, 11) is 0. The standard InChI is InChI=1S/C12H7BrClF2N3O/c1-5-17-11(14)6(4-20)12(18-5)19-10-3-8(15)7(13)2-9(10)16/h2-4H,1H3,(H,17,18,19). The lowest BCUT2D eigenvalue weighted by Gasteiger charge is -2.11. The molecule has 2 aromatic rings. The monoisotopic (exact) mass is 361 g/mol. The molecule has 1 N–H and O–H groups in total. The van der Waals surface area contributed by atoms with Crippen molar-refractivity contribution in [3.63, 3.8) is 0 Å². The summed E-state index contributed by atoms with van der Waals surface area (Å²) in [5.74, 6) is -1.06. The third kappa shape index (κ3) is 2.94. The largest absolute Gasteiger partial charge is 0.337 e. The van der Waals surface area contributed by atoms with Gasteiger partial charge in [-0.15, -0.1) is 0 Å². The van der Waals surface area contributed by atoms with Gasteiger partial charge in [-0.3, -0.25) is 4.79 Å². The predicted octanol–water partition coefficient (Wildman–Crippen LogP) is 4.04. The summed E-state index contributed by atoms with van der Waals surface area (Å²) >= 11 is 8.67. The molecule has 1 aromatic carbocycles. The van der Waals surface area contributed by atoms with Crippen LogP contribution < -0.4 is 5.32 Å². The first kappa shape index (κ1) is 14.8. The van der Waals surface area contributed by atoms with E-state index in [0.717, 1.165) is 12.1 Å². The molecule has 0 saturated carbocycles. The van der Waals surface area contributed by atoms with Gasteiger partial charge in [-0.1, -0.05) is 11.6 Å². The molecule has 0 aliphatic rings. The van der Waals surface area contributed by atoms with Crippen molar-refractivity contribution in [3.05, 3.63) is 44.8 Å². The molecule has 0 saturated heterocycles. The van der Waals surface area contributed by atoms with E-state index in [1.54, 1.807) is 6.92 Å². The van der Waals surface area contributed by atoms with Crippen molar-refractivity contribution >= 4 is 45.3 Å². The number of nitrogens with zero attached hydrogens (tertiary/aromatic N) is 2. The molecule has 20 heavy (non-hydrogen) atoms. The van der Waals surface area contributed by atoms with Crippen molar-refractivity contribution in [2.75, 3.05) is 5.32 Å². The molecule has 0 atom stereocenters. The Morgan fingerprint density at radius 1 is 1.30 bits per heavy atom. The van der Waals surface area contributed by atoms with Gasteiger partial charge < -0.3 is 5.32 Å². The van der Waals surface area contributed by atoms with Crippen molar-refractivity contribution in [2.24, 2.45) is 0 Å². The van der Waals surface area contributed by atoms with E-state index in [1.165, 1.54) is 0 Å². The zero-order chi connectivity index (χ0) is 14.9. The summed E-state index contributed by atoms with van der Waals surface area (Å²) in [4.78, 5) is 18.7. The SMILES string of the molecule is Cc1nc(Cl)c(C=O)c(Nc2cc(F)c(Br)cc2F)n1. The molecule has 0 aliphatic carbocycles. The van der Waals surface area contributed by atoms with Crippen molar-refractivity contribution in [1.29, 1.82) is 0 Å². The molecule has 0 bridgehead atoms. The molecule has 2 rings (SSSR count). The molecule has 0 amide bonds. The number of carbonyl (C=O) groups is 1. The number of carbonyl (C=O) groups excluding carboxylic acids is 1. The number of hydrogen-bond acceptors (Lipinski definition) is 4. The van der Waals surface area contributed by atoms with Gasteiger partial charge in [0.1, 0.15) is 28.4 Å². The second kappa shape index (κ2) is 5.80. The number of aromatic nitrogens is 2. The van der Waals surface area contributed by atoms with Crippen LogP contribution in [0.1, 0.15) is 16.2 Å². The Morgan fingerprint density at radius 2 is 2.00 bits per heavy atom. The second-order valence-electron chi connectivity index (χ2n) is 3.81. The Balaban J connectivity index is 2.50. The Morgan fingerprint density at radius 3 is 2.65 bits per heavy atom. The molecule has 104 valence electrons. The van der Waals surface area contributed by atoms with Crippen LogP contribution in [0, 0.1) is 18.6 Å². The highest BCUT2D eigenvalue weighted by molar-refractivity contribution is 9.10. The summed E-state index contributed by atoms with van der Waals surface area (Å²) in [6, 6.07) is 1.91. The fourth-order valence-corrected chi connectivity index (χ4v) is 2.06. The van der Waals surface area contributed by atoms with E-state index in [0.29, 0.717) is 12.1 Å². The lowest BCUT2D eigenvalue weighted by atomic mass is 10.2. The average molecular weight is 363 g/mol. The van der Waals surface area contributed by atoms with E-state index >= 15 is 0 Å². The third-order valence-electron chi connectivity index (χ3n) is 2.39. The fourth-order valence-electron chi connectivity index (χ4n) is 1.49. The van der Waals surface area contributed by atoms with E-state index in [4.69, 9.17) is 11.6 Å². The van der Waals surface area contributed by atoms with Gasteiger partial charge in [-0.2, -0.15) is 0 Å². The summed E-state index contributed by atoms with van der Waals surface area (Å²) in [6.07, 6.45) is 0.442. The van der Waals surface area contributed by atoms with Gasteiger partial charge in [0.15, 0.2) is 6.29 Å². The number of anilines is 2. The van der Waals surface area contributed by atoms with E-state index in [9.17, 15) is 13.6 Å². The molecule has 8 heteroatoms. The Labute approximate surface area is 126 Å². The zero-order valence-electron chi connectivity index (χ0n) is 10.0. The Hall–Kier alpha value is -1.60. The average Bonchev–Trinajstić information content (AvgIpc) is 2.35. The van der Waals surface area contributed by atoms with E-state index in [2.05, 4.69) is 31.2 Å². The lowest BCUT2D eigenvalue weighted by Crippen LogP contribution is -2.05. The van der Waals surface area contributed by atoms with Crippen LogP contribution >= 0.6 is 27.5 Å². The third-order valence-corrected chi connectivity index (χ3v) is 3.29. The molecular weight excluding hydrogens is 356 g/mol. The quantitative estimate of drug-likeness (QED) is 0.509. The van der Waals surface area contributed by atoms with Crippen molar-refractivity contribution in [1.82, 2.24) is 9.97 Å². The highest BCUT2D eigenvalue weighted by Gasteiger charge is 2.14. The van der Waals surface area contributed by atoms with Crippen LogP contribution in [0.25, 0.3) is 0 Å². The summed E-state index contributed by atoms with van der Waals surface area (Å²) < 4.78 is 27.1. The van der Waals surface area contributed by atoms with Crippen LogP contribution in [0.5, 0.6) is 0 Å². The van der Waals surface area contributed by atoms with Gasteiger partial charge in [-0.25, -0.2) is 18.7 Å². The first-order valence-electron chi connectivity index (χ1n) is 5.33. The highest BCUT2D eigenvalue weighted by atomic mass is 79.9. The van der Waals surface area contributed by atoms with Crippen LogP contribution in [0.4, 0.5) is 20.3 Å². The van der Waals surface area contributed by atoms with Crippen LogP contribution in [0.2, 0.25) is 5.15 Å². The minimum Gasteiger partial charge on any atom is -0.337 e. The van der Waals surface area contributed by atoms with Crippen LogP contribution in [0.3, 0.4) is 0 Å². The summed E-state index contributed by atoms with van der Waals surface area (Å²) in [6.45, 7) is 1.56. The molecule has 0 radical (unpaired) electrons. The van der Waals surface area contributed by atoms with Crippen LogP contribution in [-0.2, 0) is 0 Å². The topological polar surface area (TPSA) is 54.9 Å². The molecule has 1 heterocycles. The number of benzene rings is 1. The number of hydrogen-bond donors (Lipinski definition) is 1. The molecule has 0 unspecified atom stereocenters. The van der Waals surface area contributed by atoms with Gasteiger partial charge in [-0.05, 0) is 28.9 Å². The minimum atomic E-state index is -0.706. The number of aryl methyl sites for hydroxylation is 1. The maximum Gasteiger partial charge on any atom is 0.156 e. The first-order chi connectivity index (χ1) is 9.42. The van der Waals surface area contributed by atoms with Crippen molar-refractivity contribution in [3.8, 4) is 0 Å². The summed E-state index contributed by atoms with van der Waals surface area (Å²) in [5, 5.41) is 2.48. The molecule has 0 aliphatic heterocycles.